The molecule has 94 valence electrons. The van der Waals surface area contributed by atoms with Crippen LogP contribution in [0.15, 0.2) is 12.1 Å². The lowest BCUT2D eigenvalue weighted by molar-refractivity contribution is 0.305. The van der Waals surface area contributed by atoms with Gasteiger partial charge in [-0.05, 0) is 13.0 Å². The van der Waals surface area contributed by atoms with Gasteiger partial charge in [0, 0.05) is 5.56 Å². The van der Waals surface area contributed by atoms with Gasteiger partial charge in [-0.1, -0.05) is 12.2 Å². The van der Waals surface area contributed by atoms with Gasteiger partial charge in [0.25, 0.3) is 0 Å². The summed E-state index contributed by atoms with van der Waals surface area (Å²) in [5.41, 5.74) is 0.879. The zero-order chi connectivity index (χ0) is 12.8. The molecule has 17 heavy (non-hydrogen) atoms. The van der Waals surface area contributed by atoms with Crippen molar-refractivity contribution in [3.63, 3.8) is 0 Å². The molecular weight excluding hydrogens is 220 g/mol. The molecule has 4 heteroatoms. The lowest BCUT2D eigenvalue weighted by Crippen LogP contribution is -1.99. The highest BCUT2D eigenvalue weighted by Gasteiger charge is 2.19. The molecule has 0 spiro atoms. The van der Waals surface area contributed by atoms with E-state index in [9.17, 15) is 0 Å². The Labute approximate surface area is 102 Å². The number of rotatable bonds is 5. The Balaban J connectivity index is 3.54. The number of allylic oxidation sites excluding steroid dienone is 1. The van der Waals surface area contributed by atoms with Crippen molar-refractivity contribution in [3.8, 4) is 23.0 Å². The highest BCUT2D eigenvalue weighted by atomic mass is 16.5. The fourth-order valence-corrected chi connectivity index (χ4v) is 1.66. The van der Waals surface area contributed by atoms with Crippen LogP contribution in [-0.4, -0.2) is 28.4 Å². The topological polar surface area (TPSA) is 36.9 Å². The monoisotopic (exact) mass is 238 g/mol. The maximum Gasteiger partial charge on any atom is 0.207 e. The van der Waals surface area contributed by atoms with E-state index in [1.807, 2.05) is 25.1 Å². The van der Waals surface area contributed by atoms with Crippen molar-refractivity contribution in [2.24, 2.45) is 0 Å². The van der Waals surface area contributed by atoms with Gasteiger partial charge in [-0.2, -0.15) is 0 Å². The van der Waals surface area contributed by atoms with Gasteiger partial charge in [0.1, 0.15) is 0 Å². The molecule has 0 heterocycles. The van der Waals surface area contributed by atoms with E-state index in [2.05, 4.69) is 0 Å². The summed E-state index contributed by atoms with van der Waals surface area (Å²) in [6.45, 7) is 1.93. The third kappa shape index (κ3) is 2.46. The van der Waals surface area contributed by atoms with Crippen LogP contribution in [0.25, 0.3) is 6.08 Å². The summed E-state index contributed by atoms with van der Waals surface area (Å²) in [7, 11) is 6.31. The Morgan fingerprint density at radius 1 is 0.824 bits per heavy atom. The predicted molar refractivity (Wildman–Crippen MR) is 67.4 cm³/mol. The number of ether oxygens (including phenoxy) is 4. The van der Waals surface area contributed by atoms with Crippen LogP contribution in [0.5, 0.6) is 23.0 Å². The summed E-state index contributed by atoms with van der Waals surface area (Å²) in [6.07, 6.45) is 3.84. The van der Waals surface area contributed by atoms with Crippen LogP contribution in [0, 0.1) is 0 Å². The molecule has 0 amide bonds. The van der Waals surface area contributed by atoms with Gasteiger partial charge in [0.05, 0.1) is 28.4 Å². The zero-order valence-corrected chi connectivity index (χ0v) is 10.9. The summed E-state index contributed by atoms with van der Waals surface area (Å²) in [5, 5.41) is 0. The van der Waals surface area contributed by atoms with Crippen molar-refractivity contribution in [3.05, 3.63) is 17.7 Å². The van der Waals surface area contributed by atoms with Gasteiger partial charge in [0.2, 0.25) is 11.5 Å². The van der Waals surface area contributed by atoms with Gasteiger partial charge in [-0.3, -0.25) is 0 Å². The maximum absolute atomic E-state index is 5.35. The fraction of sp³-hybridized carbons (Fsp3) is 0.385. The van der Waals surface area contributed by atoms with Gasteiger partial charge in [-0.25, -0.2) is 0 Å². The highest BCUT2D eigenvalue weighted by Crippen LogP contribution is 2.46. The molecule has 1 aromatic carbocycles. The second kappa shape index (κ2) is 6.03. The predicted octanol–water partition coefficient (Wildman–Crippen LogP) is 2.75. The Morgan fingerprint density at radius 2 is 1.41 bits per heavy atom. The van der Waals surface area contributed by atoms with Crippen molar-refractivity contribution >= 4 is 6.08 Å². The molecule has 0 aromatic heterocycles. The Morgan fingerprint density at radius 3 is 1.82 bits per heavy atom. The molecule has 4 nitrogen and oxygen atoms in total. The molecule has 0 saturated carbocycles. The molecule has 0 radical (unpaired) electrons. The lowest BCUT2D eigenvalue weighted by atomic mass is 10.1. The van der Waals surface area contributed by atoms with Crippen molar-refractivity contribution in [1.29, 1.82) is 0 Å². The Hall–Kier alpha value is -1.84. The van der Waals surface area contributed by atoms with E-state index in [1.165, 1.54) is 0 Å². The number of benzene rings is 1. The van der Waals surface area contributed by atoms with E-state index >= 15 is 0 Å². The molecule has 1 aromatic rings. The summed E-state index contributed by atoms with van der Waals surface area (Å²) in [6, 6.07) is 1.85. The normalized spacial score (nSPS) is 10.4. The fourth-order valence-electron chi connectivity index (χ4n) is 1.66. The van der Waals surface area contributed by atoms with Crippen molar-refractivity contribution in [2.45, 2.75) is 6.92 Å². The molecule has 0 fully saturated rings. The molecule has 0 bridgehead atoms. The SMILES string of the molecule is C/C=C/c1cc(OC)c(OC)c(OC)c1OC. The van der Waals surface area contributed by atoms with E-state index < -0.39 is 0 Å². The lowest BCUT2D eigenvalue weighted by Gasteiger charge is -2.17. The average molecular weight is 238 g/mol. The van der Waals surface area contributed by atoms with Crippen LogP contribution in [0.2, 0.25) is 0 Å². The van der Waals surface area contributed by atoms with Crippen LogP contribution in [0.3, 0.4) is 0 Å². The molecular formula is C13H18O4. The molecule has 0 atom stereocenters. The summed E-state index contributed by atoms with van der Waals surface area (Å²) < 4.78 is 21.2. The molecule has 0 aliphatic carbocycles. The van der Waals surface area contributed by atoms with Crippen LogP contribution in [-0.2, 0) is 0 Å². The van der Waals surface area contributed by atoms with Gasteiger partial charge in [-0.15, -0.1) is 0 Å². The molecule has 0 saturated heterocycles. The van der Waals surface area contributed by atoms with Gasteiger partial charge < -0.3 is 18.9 Å². The van der Waals surface area contributed by atoms with E-state index in [-0.39, 0.29) is 0 Å². The minimum absolute atomic E-state index is 0.528. The third-order valence-corrected chi connectivity index (χ3v) is 2.36. The summed E-state index contributed by atoms with van der Waals surface area (Å²) >= 11 is 0. The van der Waals surface area contributed by atoms with Crippen molar-refractivity contribution in [1.82, 2.24) is 0 Å². The minimum Gasteiger partial charge on any atom is -0.493 e. The standard InChI is InChI=1S/C13H18O4/c1-6-7-9-8-10(14-2)12(16-4)13(17-5)11(9)15-3/h6-8H,1-5H3/b7-6+. The van der Waals surface area contributed by atoms with Crippen molar-refractivity contribution < 1.29 is 18.9 Å². The van der Waals surface area contributed by atoms with E-state index in [0.29, 0.717) is 23.0 Å². The first-order valence-corrected chi connectivity index (χ1v) is 5.23. The van der Waals surface area contributed by atoms with Crippen LogP contribution in [0.1, 0.15) is 12.5 Å². The zero-order valence-electron chi connectivity index (χ0n) is 10.9. The van der Waals surface area contributed by atoms with Gasteiger partial charge in [0.15, 0.2) is 11.5 Å². The number of methoxy groups -OCH3 is 4. The summed E-state index contributed by atoms with van der Waals surface area (Å²) in [4.78, 5) is 0. The average Bonchev–Trinajstić information content (AvgIpc) is 2.37. The Bertz CT molecular complexity index is 410. The van der Waals surface area contributed by atoms with E-state index in [4.69, 9.17) is 18.9 Å². The quantitative estimate of drug-likeness (QED) is 0.790. The smallest absolute Gasteiger partial charge is 0.207 e. The molecule has 0 unspecified atom stereocenters. The van der Waals surface area contributed by atoms with Crippen LogP contribution in [0.4, 0.5) is 0 Å². The maximum atomic E-state index is 5.35. The molecule has 0 aliphatic heterocycles. The Kier molecular flexibility index (Phi) is 4.69. The number of hydrogen-bond donors (Lipinski definition) is 0. The highest BCUT2D eigenvalue weighted by molar-refractivity contribution is 5.70. The molecule has 1 rings (SSSR count). The van der Waals surface area contributed by atoms with Gasteiger partial charge >= 0.3 is 0 Å². The van der Waals surface area contributed by atoms with Crippen molar-refractivity contribution in [2.75, 3.05) is 28.4 Å². The first kappa shape index (κ1) is 13.2. The largest absolute Gasteiger partial charge is 0.493 e. The third-order valence-electron chi connectivity index (χ3n) is 2.36. The van der Waals surface area contributed by atoms with E-state index in [0.717, 1.165) is 5.56 Å². The molecule has 0 aliphatic rings. The number of hydrogen-bond acceptors (Lipinski definition) is 4. The van der Waals surface area contributed by atoms with Crippen LogP contribution >= 0.6 is 0 Å². The summed E-state index contributed by atoms with van der Waals surface area (Å²) in [5.74, 6) is 2.30. The second-order valence-electron chi connectivity index (χ2n) is 3.27. The van der Waals surface area contributed by atoms with Crippen LogP contribution < -0.4 is 18.9 Å². The molecule has 0 N–H and O–H groups in total. The first-order chi connectivity index (χ1) is 8.23. The second-order valence-corrected chi connectivity index (χ2v) is 3.27. The minimum atomic E-state index is 0.528. The first-order valence-electron chi connectivity index (χ1n) is 5.23. The van der Waals surface area contributed by atoms with E-state index in [1.54, 1.807) is 28.4 Å².